The first kappa shape index (κ1) is 15.1. The van der Waals surface area contributed by atoms with Crippen LogP contribution in [0.1, 0.15) is 12.5 Å². The molecule has 1 heterocycles. The van der Waals surface area contributed by atoms with Crippen LogP contribution in [0.5, 0.6) is 0 Å². The largest absolute Gasteiger partial charge is 0.336 e. The van der Waals surface area contributed by atoms with Crippen molar-refractivity contribution in [3.8, 4) is 0 Å². The SMILES string of the molecule is CC(Cc1ccc(Cl)cc1)N(C)CCN1CCNC1=O. The number of amides is 2. The first-order valence-corrected chi connectivity index (χ1v) is 7.41. The second-order valence-electron chi connectivity index (χ2n) is 5.38. The summed E-state index contributed by atoms with van der Waals surface area (Å²) >= 11 is 5.89. The fourth-order valence-corrected chi connectivity index (χ4v) is 2.47. The summed E-state index contributed by atoms with van der Waals surface area (Å²) in [6, 6.07) is 8.49. The maximum absolute atomic E-state index is 11.5. The molecule has 0 aliphatic carbocycles. The smallest absolute Gasteiger partial charge is 0.317 e. The molecule has 20 heavy (non-hydrogen) atoms. The third-order valence-corrected chi connectivity index (χ3v) is 4.12. The van der Waals surface area contributed by atoms with Gasteiger partial charge in [0.1, 0.15) is 0 Å². The molecule has 1 saturated heterocycles. The Kier molecular flexibility index (Phi) is 5.26. The molecule has 1 fully saturated rings. The lowest BCUT2D eigenvalue weighted by Crippen LogP contribution is -2.39. The fourth-order valence-electron chi connectivity index (χ4n) is 2.34. The van der Waals surface area contributed by atoms with Crippen molar-refractivity contribution in [3.63, 3.8) is 0 Å². The Bertz CT molecular complexity index is 449. The Labute approximate surface area is 125 Å². The molecule has 0 aromatic heterocycles. The van der Waals surface area contributed by atoms with Crippen LogP contribution in [0.25, 0.3) is 0 Å². The van der Waals surface area contributed by atoms with E-state index in [-0.39, 0.29) is 6.03 Å². The van der Waals surface area contributed by atoms with Gasteiger partial charge >= 0.3 is 6.03 Å². The zero-order valence-corrected chi connectivity index (χ0v) is 12.9. The van der Waals surface area contributed by atoms with Gasteiger partial charge in [0, 0.05) is 37.2 Å². The highest BCUT2D eigenvalue weighted by molar-refractivity contribution is 6.30. The number of benzene rings is 1. The Morgan fingerprint density at radius 3 is 2.70 bits per heavy atom. The lowest BCUT2D eigenvalue weighted by Gasteiger charge is -2.26. The number of carbonyl (C=O) groups is 1. The quantitative estimate of drug-likeness (QED) is 0.873. The number of nitrogens with zero attached hydrogens (tertiary/aromatic N) is 2. The van der Waals surface area contributed by atoms with Gasteiger partial charge in [-0.3, -0.25) is 0 Å². The first-order chi connectivity index (χ1) is 9.56. The van der Waals surface area contributed by atoms with Gasteiger partial charge in [0.25, 0.3) is 0 Å². The van der Waals surface area contributed by atoms with E-state index < -0.39 is 0 Å². The molecule has 1 unspecified atom stereocenters. The molecule has 0 radical (unpaired) electrons. The highest BCUT2D eigenvalue weighted by Gasteiger charge is 2.20. The number of hydrogen-bond acceptors (Lipinski definition) is 2. The Balaban J connectivity index is 1.78. The van der Waals surface area contributed by atoms with Gasteiger partial charge in [0.2, 0.25) is 0 Å². The summed E-state index contributed by atoms with van der Waals surface area (Å²) in [6.07, 6.45) is 0.986. The summed E-state index contributed by atoms with van der Waals surface area (Å²) in [6.45, 7) is 5.47. The number of hydrogen-bond donors (Lipinski definition) is 1. The van der Waals surface area contributed by atoms with Crippen molar-refractivity contribution >= 4 is 17.6 Å². The van der Waals surface area contributed by atoms with Crippen LogP contribution >= 0.6 is 11.6 Å². The van der Waals surface area contributed by atoms with E-state index in [1.165, 1.54) is 5.56 Å². The van der Waals surface area contributed by atoms with Crippen molar-refractivity contribution in [2.24, 2.45) is 0 Å². The van der Waals surface area contributed by atoms with Gasteiger partial charge in [0.15, 0.2) is 0 Å². The second kappa shape index (κ2) is 6.95. The lowest BCUT2D eigenvalue weighted by molar-refractivity contribution is 0.196. The molecule has 0 bridgehead atoms. The Hall–Kier alpha value is -1.26. The minimum absolute atomic E-state index is 0.0590. The molecule has 1 aliphatic rings. The summed E-state index contributed by atoms with van der Waals surface area (Å²) in [5, 5.41) is 3.60. The molecule has 2 amide bonds. The molecule has 1 aliphatic heterocycles. The topological polar surface area (TPSA) is 35.6 Å². The average molecular weight is 296 g/mol. The number of nitrogens with one attached hydrogen (secondary N) is 1. The third kappa shape index (κ3) is 4.12. The van der Waals surface area contributed by atoms with Crippen LogP contribution in [0.15, 0.2) is 24.3 Å². The molecular formula is C15H22ClN3O. The van der Waals surface area contributed by atoms with Gasteiger partial charge in [-0.05, 0) is 38.1 Å². The second-order valence-corrected chi connectivity index (χ2v) is 5.82. The third-order valence-electron chi connectivity index (χ3n) is 3.86. The van der Waals surface area contributed by atoms with Crippen molar-refractivity contribution in [1.29, 1.82) is 0 Å². The van der Waals surface area contributed by atoms with E-state index in [2.05, 4.69) is 36.3 Å². The molecular weight excluding hydrogens is 274 g/mol. The van der Waals surface area contributed by atoms with Crippen LogP contribution in [0.3, 0.4) is 0 Å². The van der Waals surface area contributed by atoms with Gasteiger partial charge in [-0.1, -0.05) is 23.7 Å². The average Bonchev–Trinajstić information content (AvgIpc) is 2.84. The molecule has 110 valence electrons. The molecule has 1 N–H and O–H groups in total. The summed E-state index contributed by atoms with van der Waals surface area (Å²) in [4.78, 5) is 15.6. The van der Waals surface area contributed by atoms with Crippen LogP contribution in [-0.2, 0) is 6.42 Å². The van der Waals surface area contributed by atoms with E-state index in [1.807, 2.05) is 17.0 Å². The zero-order chi connectivity index (χ0) is 14.5. The Morgan fingerprint density at radius 2 is 2.10 bits per heavy atom. The number of halogens is 1. The number of urea groups is 1. The number of likely N-dealkylation sites (N-methyl/N-ethyl adjacent to an activating group) is 1. The highest BCUT2D eigenvalue weighted by atomic mass is 35.5. The van der Waals surface area contributed by atoms with Gasteiger partial charge in [-0.2, -0.15) is 0 Å². The summed E-state index contributed by atoms with van der Waals surface area (Å²) in [7, 11) is 2.11. The van der Waals surface area contributed by atoms with E-state index in [4.69, 9.17) is 11.6 Å². The molecule has 5 heteroatoms. The molecule has 1 aromatic carbocycles. The molecule has 1 aromatic rings. The van der Waals surface area contributed by atoms with E-state index in [1.54, 1.807) is 0 Å². The van der Waals surface area contributed by atoms with E-state index in [0.717, 1.165) is 37.6 Å². The highest BCUT2D eigenvalue weighted by Crippen LogP contribution is 2.12. The van der Waals surface area contributed by atoms with Crippen molar-refractivity contribution in [2.75, 3.05) is 33.2 Å². The maximum Gasteiger partial charge on any atom is 0.317 e. The molecule has 4 nitrogen and oxygen atoms in total. The standard InChI is InChI=1S/C15H22ClN3O/c1-12(11-13-3-5-14(16)6-4-13)18(2)9-10-19-8-7-17-15(19)20/h3-6,12H,7-11H2,1-2H3,(H,17,20). The Morgan fingerprint density at radius 1 is 1.40 bits per heavy atom. The van der Waals surface area contributed by atoms with Crippen LogP contribution in [-0.4, -0.2) is 55.1 Å². The molecule has 2 rings (SSSR count). The van der Waals surface area contributed by atoms with Crippen LogP contribution in [0, 0.1) is 0 Å². The summed E-state index contributed by atoms with van der Waals surface area (Å²) in [5.41, 5.74) is 1.28. The minimum Gasteiger partial charge on any atom is -0.336 e. The monoisotopic (exact) mass is 295 g/mol. The first-order valence-electron chi connectivity index (χ1n) is 7.03. The predicted octanol–water partition coefficient (Wildman–Crippen LogP) is 2.23. The lowest BCUT2D eigenvalue weighted by atomic mass is 10.1. The fraction of sp³-hybridized carbons (Fsp3) is 0.533. The van der Waals surface area contributed by atoms with Gasteiger partial charge in [-0.15, -0.1) is 0 Å². The molecule has 0 spiro atoms. The van der Waals surface area contributed by atoms with E-state index >= 15 is 0 Å². The van der Waals surface area contributed by atoms with Crippen molar-refractivity contribution in [2.45, 2.75) is 19.4 Å². The van der Waals surface area contributed by atoms with E-state index in [0.29, 0.717) is 6.04 Å². The molecule has 0 saturated carbocycles. The molecule has 1 atom stereocenters. The normalized spacial score (nSPS) is 16.6. The minimum atomic E-state index is 0.0590. The van der Waals surface area contributed by atoms with Crippen LogP contribution in [0.2, 0.25) is 5.02 Å². The van der Waals surface area contributed by atoms with Crippen LogP contribution in [0.4, 0.5) is 4.79 Å². The number of rotatable bonds is 6. The zero-order valence-electron chi connectivity index (χ0n) is 12.1. The van der Waals surface area contributed by atoms with Crippen molar-refractivity contribution < 1.29 is 4.79 Å². The maximum atomic E-state index is 11.5. The van der Waals surface area contributed by atoms with Crippen LogP contribution < -0.4 is 5.32 Å². The summed E-state index contributed by atoms with van der Waals surface area (Å²) in [5.74, 6) is 0. The van der Waals surface area contributed by atoms with Crippen molar-refractivity contribution in [3.05, 3.63) is 34.9 Å². The number of carbonyl (C=O) groups excluding carboxylic acids is 1. The van der Waals surface area contributed by atoms with Gasteiger partial charge < -0.3 is 15.1 Å². The summed E-state index contributed by atoms with van der Waals surface area (Å²) < 4.78 is 0. The van der Waals surface area contributed by atoms with Gasteiger partial charge in [-0.25, -0.2) is 4.79 Å². The van der Waals surface area contributed by atoms with Crippen molar-refractivity contribution in [1.82, 2.24) is 15.1 Å². The van der Waals surface area contributed by atoms with Gasteiger partial charge in [0.05, 0.1) is 0 Å². The van der Waals surface area contributed by atoms with E-state index in [9.17, 15) is 4.79 Å². The predicted molar refractivity (Wildman–Crippen MR) is 82.2 cm³/mol.